The Labute approximate surface area is 130 Å². The predicted molar refractivity (Wildman–Crippen MR) is 80.4 cm³/mol. The molecule has 0 atom stereocenters. The maximum Gasteiger partial charge on any atom is 0.355 e. The number of hydrogen-bond donors (Lipinski definition) is 1. The first-order chi connectivity index (χ1) is 10.1. The molecule has 8 heteroatoms. The molecule has 124 valence electrons. The highest BCUT2D eigenvalue weighted by molar-refractivity contribution is 7.89. The molecule has 0 amide bonds. The zero-order valence-electron chi connectivity index (χ0n) is 13.5. The number of carbonyl (C=O) groups is 1. The zero-order valence-corrected chi connectivity index (χ0v) is 14.3. The lowest BCUT2D eigenvalue weighted by Crippen LogP contribution is -2.59. The van der Waals surface area contributed by atoms with Crippen LogP contribution in [0.3, 0.4) is 0 Å². The van der Waals surface area contributed by atoms with Gasteiger partial charge in [-0.05, 0) is 27.7 Å². The second-order valence-corrected chi connectivity index (χ2v) is 7.45. The minimum absolute atomic E-state index is 0.131. The third-order valence-electron chi connectivity index (χ3n) is 3.82. The van der Waals surface area contributed by atoms with Gasteiger partial charge in [0, 0.05) is 18.3 Å². The molecule has 0 radical (unpaired) electrons. The molecule has 0 saturated carbocycles. The highest BCUT2D eigenvalue weighted by Crippen LogP contribution is 2.28. The van der Waals surface area contributed by atoms with E-state index >= 15 is 0 Å². The summed E-state index contributed by atoms with van der Waals surface area (Å²) in [5.41, 5.74) is 0.555. The van der Waals surface area contributed by atoms with E-state index in [-0.39, 0.29) is 17.2 Å². The summed E-state index contributed by atoms with van der Waals surface area (Å²) < 4.78 is 39.7. The highest BCUT2D eigenvalue weighted by atomic mass is 32.2. The third-order valence-corrected chi connectivity index (χ3v) is 5.72. The molecule has 1 aliphatic heterocycles. The number of carbonyl (C=O) groups excluding carboxylic acids is 1. The molecule has 1 N–H and O–H groups in total. The minimum Gasteiger partial charge on any atom is -0.461 e. The first-order valence-corrected chi connectivity index (χ1v) is 8.56. The number of aromatic nitrogens is 1. The van der Waals surface area contributed by atoms with Crippen molar-refractivity contribution >= 4 is 16.0 Å². The molecule has 0 aromatic carbocycles. The van der Waals surface area contributed by atoms with Crippen LogP contribution in [0.5, 0.6) is 0 Å². The quantitative estimate of drug-likeness (QED) is 0.810. The summed E-state index contributed by atoms with van der Waals surface area (Å²) in [6, 6.07) is 0. The molecule has 1 fully saturated rings. The summed E-state index contributed by atoms with van der Waals surface area (Å²) in [7, 11) is -2.09. The van der Waals surface area contributed by atoms with E-state index in [9.17, 15) is 13.2 Å². The number of sulfonamides is 1. The summed E-state index contributed by atoms with van der Waals surface area (Å²) >= 11 is 0. The second kappa shape index (κ2) is 5.68. The lowest BCUT2D eigenvalue weighted by molar-refractivity contribution is -0.0523. The van der Waals surface area contributed by atoms with Gasteiger partial charge in [-0.2, -0.15) is 0 Å². The van der Waals surface area contributed by atoms with Crippen molar-refractivity contribution in [1.82, 2.24) is 9.29 Å². The maximum absolute atomic E-state index is 12.7. The molecule has 2 rings (SSSR count). The van der Waals surface area contributed by atoms with Crippen LogP contribution in [0.4, 0.5) is 0 Å². The van der Waals surface area contributed by atoms with E-state index in [0.29, 0.717) is 24.5 Å². The third kappa shape index (κ3) is 2.78. The summed E-state index contributed by atoms with van der Waals surface area (Å²) in [6.45, 7) is 7.69. The Bertz CT molecular complexity index is 701. The van der Waals surface area contributed by atoms with Gasteiger partial charge in [-0.3, -0.25) is 0 Å². The van der Waals surface area contributed by atoms with E-state index in [1.165, 1.54) is 0 Å². The molecular formula is C14H22N2O5S. The fraction of sp³-hybridized carbons (Fsp3) is 0.643. The Hall–Kier alpha value is -1.38. The normalized spacial score (nSPS) is 17.1. The van der Waals surface area contributed by atoms with Crippen molar-refractivity contribution in [2.24, 2.45) is 7.05 Å². The van der Waals surface area contributed by atoms with Crippen molar-refractivity contribution in [1.29, 1.82) is 0 Å². The van der Waals surface area contributed by atoms with E-state index in [0.717, 1.165) is 0 Å². The minimum atomic E-state index is -3.75. The van der Waals surface area contributed by atoms with Crippen LogP contribution >= 0.6 is 0 Å². The summed E-state index contributed by atoms with van der Waals surface area (Å²) in [4.78, 5) is 12.2. The van der Waals surface area contributed by atoms with E-state index in [1.807, 2.05) is 0 Å². The van der Waals surface area contributed by atoms with Crippen molar-refractivity contribution in [3.05, 3.63) is 17.0 Å². The average Bonchev–Trinajstić information content (AvgIpc) is 2.58. The molecule has 2 heterocycles. The maximum atomic E-state index is 12.7. The molecule has 0 unspecified atom stereocenters. The van der Waals surface area contributed by atoms with Gasteiger partial charge >= 0.3 is 5.97 Å². The summed E-state index contributed by atoms with van der Waals surface area (Å²) in [5, 5.41) is 0. The van der Waals surface area contributed by atoms with Gasteiger partial charge in [0.25, 0.3) is 0 Å². The summed E-state index contributed by atoms with van der Waals surface area (Å²) in [6.07, 6.45) is 0. The SMILES string of the molecule is CCOC(=O)c1c(C)c(S(=O)(=O)NC2(C)COC2)c(C)n1C. The smallest absolute Gasteiger partial charge is 0.355 e. The molecule has 0 spiro atoms. The molecule has 1 aromatic rings. The molecule has 0 aliphatic carbocycles. The van der Waals surface area contributed by atoms with Crippen molar-refractivity contribution in [2.45, 2.75) is 38.1 Å². The van der Waals surface area contributed by atoms with Gasteiger partial charge in [0.1, 0.15) is 10.6 Å². The van der Waals surface area contributed by atoms with Gasteiger partial charge in [-0.1, -0.05) is 0 Å². The van der Waals surface area contributed by atoms with Gasteiger partial charge in [0.2, 0.25) is 10.0 Å². The van der Waals surface area contributed by atoms with Crippen LogP contribution in [0.2, 0.25) is 0 Å². The van der Waals surface area contributed by atoms with E-state index in [4.69, 9.17) is 9.47 Å². The zero-order chi connectivity index (χ0) is 16.7. The number of rotatable bonds is 5. The van der Waals surface area contributed by atoms with Gasteiger partial charge in [0.15, 0.2) is 0 Å². The van der Waals surface area contributed by atoms with Crippen molar-refractivity contribution in [3.8, 4) is 0 Å². The van der Waals surface area contributed by atoms with Crippen LogP contribution in [0, 0.1) is 13.8 Å². The lowest BCUT2D eigenvalue weighted by atomic mass is 10.0. The Kier molecular flexibility index (Phi) is 4.38. The van der Waals surface area contributed by atoms with Crippen molar-refractivity contribution < 1.29 is 22.7 Å². The molecule has 0 bridgehead atoms. The first kappa shape index (κ1) is 17.0. The highest BCUT2D eigenvalue weighted by Gasteiger charge is 2.40. The van der Waals surface area contributed by atoms with Gasteiger partial charge in [-0.15, -0.1) is 0 Å². The number of nitrogens with zero attached hydrogens (tertiary/aromatic N) is 1. The van der Waals surface area contributed by atoms with Crippen LogP contribution in [0.25, 0.3) is 0 Å². The Morgan fingerprint density at radius 2 is 2.00 bits per heavy atom. The number of esters is 1. The van der Waals surface area contributed by atoms with Crippen LogP contribution in [0.1, 0.15) is 35.6 Å². The van der Waals surface area contributed by atoms with E-state index in [1.54, 1.807) is 39.3 Å². The second-order valence-electron chi connectivity index (χ2n) is 5.83. The molecule has 1 aliphatic rings. The molecule has 1 aromatic heterocycles. The topological polar surface area (TPSA) is 86.6 Å². The van der Waals surface area contributed by atoms with Crippen molar-refractivity contribution in [2.75, 3.05) is 19.8 Å². The van der Waals surface area contributed by atoms with Crippen molar-refractivity contribution in [3.63, 3.8) is 0 Å². The monoisotopic (exact) mass is 330 g/mol. The van der Waals surface area contributed by atoms with Gasteiger partial charge in [0.05, 0.1) is 25.4 Å². The van der Waals surface area contributed by atoms with Gasteiger partial charge < -0.3 is 14.0 Å². The van der Waals surface area contributed by atoms with E-state index in [2.05, 4.69) is 4.72 Å². The predicted octanol–water partition coefficient (Wildman–Crippen LogP) is 0.886. The molecular weight excluding hydrogens is 308 g/mol. The van der Waals surface area contributed by atoms with E-state index < -0.39 is 21.5 Å². The number of nitrogens with one attached hydrogen (secondary N) is 1. The van der Waals surface area contributed by atoms with Gasteiger partial charge in [-0.25, -0.2) is 17.9 Å². The molecule has 22 heavy (non-hydrogen) atoms. The number of ether oxygens (including phenoxy) is 2. The number of hydrogen-bond acceptors (Lipinski definition) is 5. The molecule has 7 nitrogen and oxygen atoms in total. The first-order valence-electron chi connectivity index (χ1n) is 7.07. The Balaban J connectivity index is 2.47. The Morgan fingerprint density at radius 3 is 2.45 bits per heavy atom. The lowest BCUT2D eigenvalue weighted by Gasteiger charge is -2.38. The van der Waals surface area contributed by atoms with Crippen LogP contribution in [0.15, 0.2) is 4.90 Å². The van der Waals surface area contributed by atoms with Crippen LogP contribution in [-0.4, -0.2) is 44.3 Å². The van der Waals surface area contributed by atoms with Crippen LogP contribution < -0.4 is 4.72 Å². The largest absolute Gasteiger partial charge is 0.461 e. The standard InChI is InChI=1S/C14H22N2O5S/c1-6-21-13(17)11-9(2)12(10(3)16(11)5)22(18,19)15-14(4)7-20-8-14/h15H,6-8H2,1-5H3. The van der Waals surface area contributed by atoms with Crippen LogP contribution in [-0.2, 0) is 26.5 Å². The Morgan fingerprint density at radius 1 is 1.41 bits per heavy atom. The average molecular weight is 330 g/mol. The fourth-order valence-electron chi connectivity index (χ4n) is 2.68. The summed E-state index contributed by atoms with van der Waals surface area (Å²) in [5.74, 6) is -0.523. The molecule has 1 saturated heterocycles. The fourth-order valence-corrected chi connectivity index (χ4v) is 4.57.